The Morgan fingerprint density at radius 1 is 1.90 bits per heavy atom. The van der Waals surface area contributed by atoms with Crippen molar-refractivity contribution in [3.05, 3.63) is 36.4 Å². The van der Waals surface area contributed by atoms with Gasteiger partial charge >= 0.3 is 18.9 Å². The third kappa shape index (κ3) is 2.60. The summed E-state index contributed by atoms with van der Waals surface area (Å²) >= 11 is 0. The maximum Gasteiger partial charge on any atom is 1.00 e. The Morgan fingerprint density at radius 2 is 2.70 bits per heavy atom. The van der Waals surface area contributed by atoms with E-state index in [-0.39, 0.29) is 24.4 Å². The van der Waals surface area contributed by atoms with Crippen LogP contribution in [0.5, 0.6) is 0 Å². The molecule has 0 spiro atoms. The molecular formula is C7H5LiN2. The van der Waals surface area contributed by atoms with Crippen LogP contribution in [0.1, 0.15) is 12.4 Å². The first kappa shape index (κ1) is 3.48. The number of pyridine rings is 1. The van der Waals surface area contributed by atoms with Crippen LogP contribution in [0.2, 0.25) is 0 Å². The maximum atomic E-state index is 8.42. The molecular weight excluding hydrogens is 119 g/mol. The summed E-state index contributed by atoms with van der Waals surface area (Å²) in [6.45, 7) is 0. The molecule has 0 aromatic carbocycles. The van der Waals surface area contributed by atoms with Crippen molar-refractivity contribution in [1.82, 2.24) is 4.98 Å². The zero-order valence-corrected chi connectivity index (χ0v) is 5.39. The van der Waals surface area contributed by atoms with E-state index in [0.717, 1.165) is 0 Å². The van der Waals surface area contributed by atoms with Crippen LogP contribution < -0.4 is 18.9 Å². The number of nitriles is 1. The molecule has 0 amide bonds. The van der Waals surface area contributed by atoms with Crippen LogP contribution in [0, 0.1) is 17.7 Å². The second kappa shape index (κ2) is 4.94. The molecule has 0 fully saturated rings. The van der Waals surface area contributed by atoms with Gasteiger partial charge in [-0.3, -0.25) is 0 Å². The van der Waals surface area contributed by atoms with Gasteiger partial charge in [0.15, 0.2) is 0 Å². The van der Waals surface area contributed by atoms with Gasteiger partial charge in [-0.1, -0.05) is 12.6 Å². The van der Waals surface area contributed by atoms with Crippen LogP contribution in [-0.4, -0.2) is 4.98 Å². The smallest absolute Gasteiger partial charge is 0.329 e. The first-order valence-electron chi connectivity index (χ1n) is 4.67. The van der Waals surface area contributed by atoms with Crippen molar-refractivity contribution in [2.75, 3.05) is 0 Å². The summed E-state index contributed by atoms with van der Waals surface area (Å²) in [6, 6.07) is 0.522. The summed E-state index contributed by atoms with van der Waals surface area (Å²) < 4.78 is 36.1. The zero-order chi connectivity index (χ0) is 10.9. The quantitative estimate of drug-likeness (QED) is 0.330. The third-order valence-corrected chi connectivity index (χ3v) is 0.648. The Hall–Kier alpha value is -0.893. The van der Waals surface area contributed by atoms with Crippen molar-refractivity contribution in [1.29, 1.82) is 5.26 Å². The van der Waals surface area contributed by atoms with Crippen molar-refractivity contribution in [2.24, 2.45) is 0 Å². The van der Waals surface area contributed by atoms with E-state index in [2.05, 4.69) is 4.98 Å². The summed E-state index contributed by atoms with van der Waals surface area (Å²) in [5.74, 6) is 0. The van der Waals surface area contributed by atoms with Gasteiger partial charge in [0.25, 0.3) is 0 Å². The number of hydrogen-bond acceptors (Lipinski definition) is 2. The molecule has 1 rings (SSSR count). The van der Waals surface area contributed by atoms with Crippen molar-refractivity contribution < 1.29 is 25.7 Å². The van der Waals surface area contributed by atoms with Gasteiger partial charge < -0.3 is 4.98 Å². The third-order valence-electron chi connectivity index (χ3n) is 0.648. The van der Waals surface area contributed by atoms with E-state index < -0.39 is 30.8 Å². The fourth-order valence-corrected chi connectivity index (χ4v) is 0.345. The van der Waals surface area contributed by atoms with Crippen LogP contribution >= 0.6 is 0 Å². The van der Waals surface area contributed by atoms with Crippen molar-refractivity contribution in [3.8, 4) is 6.07 Å². The first-order valence-corrected chi connectivity index (χ1v) is 2.17. The summed E-state index contributed by atoms with van der Waals surface area (Å²) in [5, 5.41) is 8.42. The number of hydrogen-bond donors (Lipinski definition) is 0. The van der Waals surface area contributed by atoms with Gasteiger partial charge in [-0.2, -0.15) is 11.6 Å². The van der Waals surface area contributed by atoms with E-state index in [0.29, 0.717) is 0 Å². The van der Waals surface area contributed by atoms with Gasteiger partial charge in [0.05, 0.1) is 1.37 Å². The minimum absolute atomic E-state index is 0. The van der Waals surface area contributed by atoms with Crippen LogP contribution in [0.3, 0.4) is 0 Å². The van der Waals surface area contributed by atoms with Crippen LogP contribution in [0.15, 0.2) is 24.4 Å². The summed E-state index contributed by atoms with van der Waals surface area (Å²) in [6.07, 6.45) is -1.56. The van der Waals surface area contributed by atoms with E-state index in [1.54, 1.807) is 0 Å². The first-order chi connectivity index (χ1) is 6.49. The maximum absolute atomic E-state index is 8.42. The van der Waals surface area contributed by atoms with Crippen LogP contribution in [0.4, 0.5) is 0 Å². The molecule has 0 saturated carbocycles. The minimum Gasteiger partial charge on any atom is -0.329 e. The second-order valence-electron chi connectivity index (χ2n) is 1.20. The molecule has 0 saturated heterocycles. The molecule has 1 aromatic rings. The van der Waals surface area contributed by atoms with Gasteiger partial charge in [-0.15, -0.1) is 6.04 Å². The monoisotopic (exact) mass is 129 g/mol. The number of rotatable bonds is 1. The van der Waals surface area contributed by atoms with E-state index in [1.165, 1.54) is 6.07 Å². The average Bonchev–Trinajstić information content (AvgIpc) is 2.14. The zero-order valence-electron chi connectivity index (χ0n) is 10.4. The van der Waals surface area contributed by atoms with E-state index in [9.17, 15) is 0 Å². The predicted octanol–water partition coefficient (Wildman–Crippen LogP) is -1.84. The normalized spacial score (nSPS) is 14.1. The molecule has 44 valence electrons. The fourth-order valence-electron chi connectivity index (χ4n) is 0.345. The molecule has 0 atom stereocenters. The summed E-state index contributed by atoms with van der Waals surface area (Å²) in [7, 11) is 0. The number of nitrogens with zero attached hydrogens (tertiary/aromatic N) is 2. The molecule has 0 aliphatic carbocycles. The van der Waals surface area contributed by atoms with Gasteiger partial charge in [-0.25, -0.2) is 5.26 Å². The Balaban J connectivity index is 0.00000196. The summed E-state index contributed by atoms with van der Waals surface area (Å²) in [4.78, 5) is 3.34. The predicted molar refractivity (Wildman–Crippen MR) is 33.3 cm³/mol. The van der Waals surface area contributed by atoms with Gasteiger partial charge in [-0.05, 0) is 10.3 Å². The molecule has 1 aromatic heterocycles. The summed E-state index contributed by atoms with van der Waals surface area (Å²) in [5.41, 5.74) is -0.298. The molecule has 0 aliphatic heterocycles. The minimum atomic E-state index is -0.582. The van der Waals surface area contributed by atoms with Gasteiger partial charge in [0, 0.05) is 7.44 Å². The molecule has 0 aliphatic rings. The van der Waals surface area contributed by atoms with Crippen molar-refractivity contribution >= 4 is 0 Å². The Kier molecular flexibility index (Phi) is 1.72. The van der Waals surface area contributed by atoms with Gasteiger partial charge in [0.2, 0.25) is 0 Å². The standard InChI is InChI=1S/C7H5N2.Li/c8-4-3-7-2-1-5-9-6-7;/h1-3,5-6H;/q-1;+1/i1D,2D,3D,5D,6D;. The molecule has 0 N–H and O–H groups in total. The largest absolute Gasteiger partial charge is 1.00 e. The molecule has 3 heteroatoms. The van der Waals surface area contributed by atoms with E-state index >= 15 is 0 Å². The van der Waals surface area contributed by atoms with Crippen molar-refractivity contribution in [2.45, 2.75) is 0 Å². The van der Waals surface area contributed by atoms with E-state index in [1.807, 2.05) is 0 Å². The van der Waals surface area contributed by atoms with Crippen molar-refractivity contribution in [3.63, 3.8) is 0 Å². The van der Waals surface area contributed by atoms with Gasteiger partial charge in [0.1, 0.15) is 0 Å². The topological polar surface area (TPSA) is 36.7 Å². The second-order valence-corrected chi connectivity index (χ2v) is 1.20. The Morgan fingerprint density at radius 3 is 3.40 bits per heavy atom. The molecule has 1 heterocycles. The molecule has 2 nitrogen and oxygen atoms in total. The SMILES string of the molecule is [2H]c1nc([2H])c([C-]([2H])C#N)c([2H])c1[2H].[Li+]. The molecule has 0 radical (unpaired) electrons. The van der Waals surface area contributed by atoms with Crippen LogP contribution in [0.25, 0.3) is 0 Å². The molecule has 0 bridgehead atoms. The van der Waals surface area contributed by atoms with Crippen LogP contribution in [-0.2, 0) is 0 Å². The molecule has 0 unspecified atom stereocenters. The van der Waals surface area contributed by atoms with E-state index in [4.69, 9.17) is 12.1 Å². The average molecular weight is 129 g/mol. The Labute approximate surface area is 79.1 Å². The number of aromatic nitrogens is 1. The fraction of sp³-hybridized carbons (Fsp3) is 0. The Bertz CT molecular complexity index is 417. The molecule has 10 heavy (non-hydrogen) atoms.